The number of hydrogen-bond donors (Lipinski definition) is 2. The summed E-state index contributed by atoms with van der Waals surface area (Å²) in [6.07, 6.45) is 0. The first-order chi connectivity index (χ1) is 5.15. The number of carbonyl (C=O) groups is 1. The summed E-state index contributed by atoms with van der Waals surface area (Å²) in [5, 5.41) is 8.24. The summed E-state index contributed by atoms with van der Waals surface area (Å²) in [5.74, 6) is 0.148. The largest absolute Gasteiger partial charge is 0.445 e. The lowest BCUT2D eigenvalue weighted by molar-refractivity contribution is 0.0699. The molecule has 1 rings (SSSR count). The number of oxazole rings is 1. The van der Waals surface area contributed by atoms with Gasteiger partial charge in [0.2, 0.25) is 0 Å². The van der Waals surface area contributed by atoms with E-state index in [-0.39, 0.29) is 5.69 Å². The minimum absolute atomic E-state index is 0.116. The molecule has 2 N–H and O–H groups in total. The van der Waals surface area contributed by atoms with Crippen LogP contribution >= 0.6 is 0 Å². The molecular formula is C6H8N2O3. The highest BCUT2D eigenvalue weighted by Crippen LogP contribution is 2.07. The van der Waals surface area contributed by atoms with Crippen LogP contribution in [0.1, 0.15) is 22.1 Å². The number of aryl methyl sites for hydroxylation is 2. The molecule has 0 aromatic carbocycles. The van der Waals surface area contributed by atoms with Gasteiger partial charge >= 0.3 is 0 Å². The molecule has 0 bridgehead atoms. The summed E-state index contributed by atoms with van der Waals surface area (Å²) >= 11 is 0. The minimum Gasteiger partial charge on any atom is -0.445 e. The van der Waals surface area contributed by atoms with Crippen LogP contribution in [0.4, 0.5) is 0 Å². The van der Waals surface area contributed by atoms with Crippen LogP contribution in [0.2, 0.25) is 0 Å². The van der Waals surface area contributed by atoms with Crippen molar-refractivity contribution >= 4 is 5.91 Å². The second-order valence-electron chi connectivity index (χ2n) is 2.08. The van der Waals surface area contributed by atoms with Crippen LogP contribution in [0, 0.1) is 13.8 Å². The molecule has 5 heteroatoms. The van der Waals surface area contributed by atoms with Crippen LogP contribution in [0.5, 0.6) is 0 Å². The molecule has 0 saturated heterocycles. The molecule has 0 aliphatic heterocycles. The highest BCUT2D eigenvalue weighted by molar-refractivity contribution is 5.92. The Balaban J connectivity index is 3.03. The van der Waals surface area contributed by atoms with Crippen LogP contribution in [-0.4, -0.2) is 16.1 Å². The van der Waals surface area contributed by atoms with Crippen LogP contribution in [-0.2, 0) is 0 Å². The van der Waals surface area contributed by atoms with Gasteiger partial charge in [-0.1, -0.05) is 0 Å². The van der Waals surface area contributed by atoms with Gasteiger partial charge in [-0.15, -0.1) is 0 Å². The molecule has 1 amide bonds. The summed E-state index contributed by atoms with van der Waals surface area (Å²) in [6.45, 7) is 3.23. The molecule has 0 aliphatic carbocycles. The quantitative estimate of drug-likeness (QED) is 0.456. The predicted octanol–water partition coefficient (Wildman–Crippen LogP) is 0.410. The van der Waals surface area contributed by atoms with Gasteiger partial charge in [-0.25, -0.2) is 10.5 Å². The van der Waals surface area contributed by atoms with E-state index in [2.05, 4.69) is 4.98 Å². The third-order valence-corrected chi connectivity index (χ3v) is 1.22. The lowest BCUT2D eigenvalue weighted by atomic mass is 10.3. The molecule has 5 nitrogen and oxygen atoms in total. The fourth-order valence-electron chi connectivity index (χ4n) is 0.792. The van der Waals surface area contributed by atoms with E-state index < -0.39 is 5.91 Å². The molecule has 60 valence electrons. The number of carbonyl (C=O) groups excluding carboxylic acids is 1. The summed E-state index contributed by atoms with van der Waals surface area (Å²) < 4.78 is 4.95. The van der Waals surface area contributed by atoms with E-state index in [4.69, 9.17) is 9.62 Å². The maximum Gasteiger partial charge on any atom is 0.296 e. The molecule has 11 heavy (non-hydrogen) atoms. The molecule has 1 aromatic heterocycles. The lowest BCUT2D eigenvalue weighted by Gasteiger charge is -1.91. The van der Waals surface area contributed by atoms with Crippen LogP contribution < -0.4 is 5.48 Å². The summed E-state index contributed by atoms with van der Waals surface area (Å²) in [6, 6.07) is 0. The molecule has 0 fully saturated rings. The van der Waals surface area contributed by atoms with E-state index in [0.29, 0.717) is 11.7 Å². The van der Waals surface area contributed by atoms with Gasteiger partial charge in [0.25, 0.3) is 5.91 Å². The first-order valence-electron chi connectivity index (χ1n) is 3.03. The van der Waals surface area contributed by atoms with Crippen molar-refractivity contribution in [2.45, 2.75) is 13.8 Å². The monoisotopic (exact) mass is 156 g/mol. The average molecular weight is 156 g/mol. The summed E-state index contributed by atoms with van der Waals surface area (Å²) in [4.78, 5) is 14.5. The second-order valence-corrected chi connectivity index (χ2v) is 2.08. The zero-order valence-corrected chi connectivity index (χ0v) is 6.21. The third-order valence-electron chi connectivity index (χ3n) is 1.22. The Morgan fingerprint density at radius 3 is 2.64 bits per heavy atom. The fraction of sp³-hybridized carbons (Fsp3) is 0.333. The molecule has 0 radical (unpaired) electrons. The number of aromatic nitrogens is 1. The van der Waals surface area contributed by atoms with Crippen molar-refractivity contribution in [3.05, 3.63) is 17.3 Å². The van der Waals surface area contributed by atoms with E-state index in [1.165, 1.54) is 5.48 Å². The summed E-state index contributed by atoms with van der Waals surface area (Å²) in [7, 11) is 0. The van der Waals surface area contributed by atoms with Crippen molar-refractivity contribution in [1.82, 2.24) is 10.5 Å². The van der Waals surface area contributed by atoms with Crippen LogP contribution in [0.15, 0.2) is 4.42 Å². The highest BCUT2D eigenvalue weighted by atomic mass is 16.5. The third kappa shape index (κ3) is 1.38. The Morgan fingerprint density at radius 1 is 1.64 bits per heavy atom. The van der Waals surface area contributed by atoms with Crippen molar-refractivity contribution in [1.29, 1.82) is 0 Å². The van der Waals surface area contributed by atoms with E-state index >= 15 is 0 Å². The molecule has 0 spiro atoms. The number of hydroxylamine groups is 1. The Kier molecular flexibility index (Phi) is 1.91. The Hall–Kier alpha value is -1.36. The van der Waals surface area contributed by atoms with Crippen molar-refractivity contribution in [2.24, 2.45) is 0 Å². The maximum absolute atomic E-state index is 10.8. The SMILES string of the molecule is Cc1nc(C(=O)NO)c(C)o1. The predicted molar refractivity (Wildman–Crippen MR) is 35.2 cm³/mol. The topological polar surface area (TPSA) is 75.4 Å². The van der Waals surface area contributed by atoms with Gasteiger partial charge in [-0.3, -0.25) is 10.0 Å². The smallest absolute Gasteiger partial charge is 0.296 e. The Bertz CT molecular complexity index is 279. The van der Waals surface area contributed by atoms with Crippen molar-refractivity contribution in [2.75, 3.05) is 0 Å². The van der Waals surface area contributed by atoms with Crippen LogP contribution in [0.25, 0.3) is 0 Å². The van der Waals surface area contributed by atoms with E-state index in [1.54, 1.807) is 13.8 Å². The van der Waals surface area contributed by atoms with Crippen molar-refractivity contribution < 1.29 is 14.4 Å². The lowest BCUT2D eigenvalue weighted by Crippen LogP contribution is -2.19. The van der Waals surface area contributed by atoms with Crippen molar-refractivity contribution in [3.63, 3.8) is 0 Å². The highest BCUT2D eigenvalue weighted by Gasteiger charge is 2.13. The molecular weight excluding hydrogens is 148 g/mol. The number of nitrogens with zero attached hydrogens (tertiary/aromatic N) is 1. The number of rotatable bonds is 1. The number of nitrogens with one attached hydrogen (secondary N) is 1. The first kappa shape index (κ1) is 7.74. The molecule has 1 heterocycles. The second kappa shape index (κ2) is 2.71. The molecule has 0 unspecified atom stereocenters. The van der Waals surface area contributed by atoms with E-state index in [1.807, 2.05) is 0 Å². The Labute approximate surface area is 63.0 Å². The average Bonchev–Trinajstić information content (AvgIpc) is 2.28. The van der Waals surface area contributed by atoms with E-state index in [9.17, 15) is 4.79 Å². The number of hydrogen-bond acceptors (Lipinski definition) is 4. The molecule has 0 atom stereocenters. The zero-order chi connectivity index (χ0) is 8.43. The standard InChI is InChI=1S/C6H8N2O3/c1-3-5(6(9)8-10)7-4(2)11-3/h10H,1-2H3,(H,8,9). The summed E-state index contributed by atoms with van der Waals surface area (Å²) in [5.41, 5.74) is 1.59. The Morgan fingerprint density at radius 2 is 2.27 bits per heavy atom. The van der Waals surface area contributed by atoms with Crippen molar-refractivity contribution in [3.8, 4) is 0 Å². The van der Waals surface area contributed by atoms with Gasteiger partial charge in [0.15, 0.2) is 11.6 Å². The molecule has 0 saturated carbocycles. The number of amides is 1. The molecule has 0 aliphatic rings. The van der Waals surface area contributed by atoms with Gasteiger partial charge in [0, 0.05) is 6.92 Å². The van der Waals surface area contributed by atoms with Gasteiger partial charge in [-0.05, 0) is 6.92 Å². The maximum atomic E-state index is 10.8. The normalized spacial score (nSPS) is 9.73. The van der Waals surface area contributed by atoms with Crippen LogP contribution in [0.3, 0.4) is 0 Å². The van der Waals surface area contributed by atoms with Gasteiger partial charge < -0.3 is 4.42 Å². The fourth-order valence-corrected chi connectivity index (χ4v) is 0.792. The zero-order valence-electron chi connectivity index (χ0n) is 6.21. The van der Waals surface area contributed by atoms with Gasteiger partial charge in [-0.2, -0.15) is 0 Å². The van der Waals surface area contributed by atoms with Gasteiger partial charge in [0.1, 0.15) is 5.76 Å². The molecule has 1 aromatic rings. The van der Waals surface area contributed by atoms with E-state index in [0.717, 1.165) is 0 Å². The minimum atomic E-state index is -0.653. The first-order valence-corrected chi connectivity index (χ1v) is 3.03. The van der Waals surface area contributed by atoms with Gasteiger partial charge in [0.05, 0.1) is 0 Å².